The minimum Gasteiger partial charge on any atom is -0.358 e. The van der Waals surface area contributed by atoms with E-state index < -0.39 is 0 Å². The van der Waals surface area contributed by atoms with Crippen molar-refractivity contribution in [3.63, 3.8) is 0 Å². The maximum absolute atomic E-state index is 4.72. The van der Waals surface area contributed by atoms with Crippen molar-refractivity contribution in [2.45, 2.75) is 39.2 Å². The van der Waals surface area contributed by atoms with Crippen LogP contribution in [0.2, 0.25) is 0 Å². The Hall–Kier alpha value is -1.09. The van der Waals surface area contributed by atoms with Crippen LogP contribution in [0.3, 0.4) is 0 Å². The summed E-state index contributed by atoms with van der Waals surface area (Å²) in [6, 6.07) is 7.02. The van der Waals surface area contributed by atoms with Gasteiger partial charge in [0, 0.05) is 6.04 Å². The number of nitrogens with one attached hydrogen (secondary N) is 1. The van der Waals surface area contributed by atoms with Crippen molar-refractivity contribution in [1.29, 1.82) is 0 Å². The number of anilines is 1. The molecule has 1 fully saturated rings. The Morgan fingerprint density at radius 3 is 2.94 bits per heavy atom. The summed E-state index contributed by atoms with van der Waals surface area (Å²) < 4.78 is 1.29. The number of thiazole rings is 1. The molecule has 2 atom stereocenters. The Balaban J connectivity index is 1.88. The Morgan fingerprint density at radius 2 is 2.24 bits per heavy atom. The van der Waals surface area contributed by atoms with Gasteiger partial charge in [-0.3, -0.25) is 0 Å². The minimum atomic E-state index is 0.621. The molecule has 0 spiro atoms. The SMILES string of the molecule is Cc1cccc2sc(NC3CCCC3C)nc12. The van der Waals surface area contributed by atoms with Crippen LogP contribution < -0.4 is 5.32 Å². The summed E-state index contributed by atoms with van der Waals surface area (Å²) >= 11 is 1.78. The van der Waals surface area contributed by atoms with Crippen LogP contribution in [-0.2, 0) is 0 Å². The minimum absolute atomic E-state index is 0.621. The first-order valence-corrected chi connectivity index (χ1v) is 7.18. The molecule has 0 amide bonds. The third-order valence-electron chi connectivity index (χ3n) is 3.79. The normalized spacial score (nSPS) is 24.4. The quantitative estimate of drug-likeness (QED) is 0.858. The van der Waals surface area contributed by atoms with Crippen molar-refractivity contribution in [1.82, 2.24) is 4.98 Å². The van der Waals surface area contributed by atoms with E-state index >= 15 is 0 Å². The summed E-state index contributed by atoms with van der Waals surface area (Å²) in [5.74, 6) is 0.781. The summed E-state index contributed by atoms with van der Waals surface area (Å²) in [5.41, 5.74) is 2.43. The number of para-hydroxylation sites is 1. The molecule has 1 aromatic heterocycles. The van der Waals surface area contributed by atoms with Crippen LogP contribution >= 0.6 is 11.3 Å². The lowest BCUT2D eigenvalue weighted by molar-refractivity contribution is 0.556. The molecule has 0 radical (unpaired) electrons. The maximum Gasteiger partial charge on any atom is 0.184 e. The number of benzene rings is 1. The average molecular weight is 246 g/mol. The number of rotatable bonds is 2. The molecule has 2 nitrogen and oxygen atoms in total. The molecule has 17 heavy (non-hydrogen) atoms. The van der Waals surface area contributed by atoms with Gasteiger partial charge < -0.3 is 5.32 Å². The Kier molecular flexibility index (Phi) is 2.79. The zero-order valence-electron chi connectivity index (χ0n) is 10.4. The molecule has 0 saturated heterocycles. The highest BCUT2D eigenvalue weighted by molar-refractivity contribution is 7.22. The number of aryl methyl sites for hydroxylation is 1. The summed E-state index contributed by atoms with van der Waals surface area (Å²) in [4.78, 5) is 4.72. The second-order valence-corrected chi connectivity index (χ2v) is 6.13. The molecule has 2 aromatic rings. The zero-order chi connectivity index (χ0) is 11.8. The molecule has 3 heteroatoms. The highest BCUT2D eigenvalue weighted by Crippen LogP contribution is 2.32. The molecule has 1 saturated carbocycles. The van der Waals surface area contributed by atoms with Crippen molar-refractivity contribution in [3.8, 4) is 0 Å². The van der Waals surface area contributed by atoms with Crippen molar-refractivity contribution >= 4 is 26.7 Å². The van der Waals surface area contributed by atoms with Crippen molar-refractivity contribution in [2.75, 3.05) is 5.32 Å². The predicted octanol–water partition coefficient (Wildman–Crippen LogP) is 4.21. The van der Waals surface area contributed by atoms with E-state index in [4.69, 9.17) is 4.98 Å². The van der Waals surface area contributed by atoms with Gasteiger partial charge >= 0.3 is 0 Å². The second-order valence-electron chi connectivity index (χ2n) is 5.10. The van der Waals surface area contributed by atoms with E-state index in [0.29, 0.717) is 6.04 Å². The molecular formula is C14H18N2S. The van der Waals surface area contributed by atoms with E-state index in [2.05, 4.69) is 37.4 Å². The van der Waals surface area contributed by atoms with Crippen LogP contribution in [0.25, 0.3) is 10.2 Å². The van der Waals surface area contributed by atoms with Gasteiger partial charge in [0.2, 0.25) is 0 Å². The first kappa shape index (κ1) is 11.0. The molecule has 90 valence electrons. The first-order chi connectivity index (χ1) is 8.24. The van der Waals surface area contributed by atoms with Gasteiger partial charge in [-0.15, -0.1) is 0 Å². The lowest BCUT2D eigenvalue weighted by atomic mass is 10.1. The number of aromatic nitrogens is 1. The lowest BCUT2D eigenvalue weighted by Gasteiger charge is -2.15. The van der Waals surface area contributed by atoms with Gasteiger partial charge in [-0.2, -0.15) is 0 Å². The predicted molar refractivity (Wildman–Crippen MR) is 74.8 cm³/mol. The molecule has 1 N–H and O–H groups in total. The smallest absolute Gasteiger partial charge is 0.184 e. The van der Waals surface area contributed by atoms with E-state index in [0.717, 1.165) is 16.6 Å². The van der Waals surface area contributed by atoms with E-state index in [-0.39, 0.29) is 0 Å². The first-order valence-electron chi connectivity index (χ1n) is 6.37. The Morgan fingerprint density at radius 1 is 1.35 bits per heavy atom. The molecule has 1 aromatic carbocycles. The van der Waals surface area contributed by atoms with E-state index in [1.807, 2.05) is 0 Å². The van der Waals surface area contributed by atoms with Crippen LogP contribution in [0.4, 0.5) is 5.13 Å². The summed E-state index contributed by atoms with van der Waals surface area (Å²) in [5, 5.41) is 4.71. The van der Waals surface area contributed by atoms with Gasteiger partial charge in [0.05, 0.1) is 10.2 Å². The maximum atomic E-state index is 4.72. The van der Waals surface area contributed by atoms with Crippen LogP contribution in [0, 0.1) is 12.8 Å². The van der Waals surface area contributed by atoms with Crippen molar-refractivity contribution in [3.05, 3.63) is 23.8 Å². The third kappa shape index (κ3) is 2.04. The number of nitrogens with zero attached hydrogens (tertiary/aromatic N) is 1. The number of fused-ring (bicyclic) bond motifs is 1. The fourth-order valence-electron chi connectivity index (χ4n) is 2.67. The monoisotopic (exact) mass is 246 g/mol. The van der Waals surface area contributed by atoms with E-state index in [1.54, 1.807) is 11.3 Å². The molecule has 3 rings (SSSR count). The van der Waals surface area contributed by atoms with Crippen LogP contribution in [0.5, 0.6) is 0 Å². The molecule has 2 unspecified atom stereocenters. The Bertz CT molecular complexity index is 532. The summed E-state index contributed by atoms with van der Waals surface area (Å²) in [6.45, 7) is 4.47. The second kappa shape index (κ2) is 4.30. The van der Waals surface area contributed by atoms with Gasteiger partial charge in [0.25, 0.3) is 0 Å². The standard InChI is InChI=1S/C14H18N2S/c1-9-5-3-7-11(9)15-14-16-13-10(2)6-4-8-12(13)17-14/h4,6,8-9,11H,3,5,7H2,1-2H3,(H,15,16). The van der Waals surface area contributed by atoms with E-state index in [9.17, 15) is 0 Å². The lowest BCUT2D eigenvalue weighted by Crippen LogP contribution is -2.21. The molecular weight excluding hydrogens is 228 g/mol. The third-order valence-corrected chi connectivity index (χ3v) is 4.74. The average Bonchev–Trinajstić information content (AvgIpc) is 2.87. The van der Waals surface area contributed by atoms with Crippen molar-refractivity contribution < 1.29 is 0 Å². The van der Waals surface area contributed by atoms with Crippen molar-refractivity contribution in [2.24, 2.45) is 5.92 Å². The van der Waals surface area contributed by atoms with Gasteiger partial charge in [0.15, 0.2) is 5.13 Å². The fourth-order valence-corrected chi connectivity index (χ4v) is 3.67. The van der Waals surface area contributed by atoms with Gasteiger partial charge in [-0.05, 0) is 37.3 Å². The largest absolute Gasteiger partial charge is 0.358 e. The molecule has 0 aliphatic heterocycles. The molecule has 1 aliphatic carbocycles. The summed E-state index contributed by atoms with van der Waals surface area (Å²) in [7, 11) is 0. The topological polar surface area (TPSA) is 24.9 Å². The zero-order valence-corrected chi connectivity index (χ0v) is 11.2. The van der Waals surface area contributed by atoms with Gasteiger partial charge in [-0.1, -0.05) is 36.8 Å². The molecule has 1 aliphatic rings. The Labute approximate surface area is 106 Å². The number of hydrogen-bond acceptors (Lipinski definition) is 3. The highest BCUT2D eigenvalue weighted by Gasteiger charge is 2.23. The number of hydrogen-bond donors (Lipinski definition) is 1. The fraction of sp³-hybridized carbons (Fsp3) is 0.500. The van der Waals surface area contributed by atoms with E-state index in [1.165, 1.54) is 29.5 Å². The van der Waals surface area contributed by atoms with Crippen LogP contribution in [0.1, 0.15) is 31.7 Å². The highest BCUT2D eigenvalue weighted by atomic mass is 32.1. The van der Waals surface area contributed by atoms with Crippen LogP contribution in [-0.4, -0.2) is 11.0 Å². The van der Waals surface area contributed by atoms with Crippen LogP contribution in [0.15, 0.2) is 18.2 Å². The molecule has 0 bridgehead atoms. The molecule has 1 heterocycles. The summed E-state index contributed by atoms with van der Waals surface area (Å²) in [6.07, 6.45) is 3.99. The van der Waals surface area contributed by atoms with Gasteiger partial charge in [0.1, 0.15) is 0 Å². The van der Waals surface area contributed by atoms with Gasteiger partial charge in [-0.25, -0.2) is 4.98 Å².